The fourth-order valence-corrected chi connectivity index (χ4v) is 3.37. The Balaban J connectivity index is 1.80. The van der Waals surface area contributed by atoms with E-state index in [0.29, 0.717) is 0 Å². The molecule has 1 N–H and O–H groups in total. The van der Waals surface area contributed by atoms with Crippen LogP contribution in [0.3, 0.4) is 0 Å². The van der Waals surface area contributed by atoms with Crippen molar-refractivity contribution in [1.82, 2.24) is 4.90 Å². The third-order valence-electron chi connectivity index (χ3n) is 4.58. The highest BCUT2D eigenvalue weighted by molar-refractivity contribution is 5.87. The number of amides is 1. The van der Waals surface area contributed by atoms with Crippen molar-refractivity contribution < 1.29 is 19.1 Å². The Morgan fingerprint density at radius 3 is 2.81 bits per heavy atom. The molecule has 5 heteroatoms. The molecule has 0 saturated carbocycles. The fourth-order valence-electron chi connectivity index (χ4n) is 3.37. The number of benzene rings is 1. The second-order valence-electron chi connectivity index (χ2n) is 5.92. The molecular formula is C16H18FNO3. The van der Waals surface area contributed by atoms with E-state index < -0.39 is 11.6 Å². The van der Waals surface area contributed by atoms with Crippen LogP contribution in [-0.4, -0.2) is 40.6 Å². The van der Waals surface area contributed by atoms with Gasteiger partial charge in [-0.2, -0.15) is 0 Å². The minimum atomic E-state index is -2.29. The molecular weight excluding hydrogens is 273 g/mol. The van der Waals surface area contributed by atoms with Crippen molar-refractivity contribution in [3.05, 3.63) is 35.4 Å². The topological polar surface area (TPSA) is 57.6 Å². The predicted octanol–water partition coefficient (Wildman–Crippen LogP) is 2.13. The van der Waals surface area contributed by atoms with Gasteiger partial charge in [-0.3, -0.25) is 4.79 Å². The maximum atomic E-state index is 14.1. The van der Waals surface area contributed by atoms with E-state index in [0.717, 1.165) is 24.8 Å². The van der Waals surface area contributed by atoms with Crippen LogP contribution in [0, 0.1) is 0 Å². The van der Waals surface area contributed by atoms with Crippen molar-refractivity contribution in [3.63, 3.8) is 0 Å². The first-order chi connectivity index (χ1) is 10.0. The number of alkyl halides is 1. The summed E-state index contributed by atoms with van der Waals surface area (Å²) in [7, 11) is 0. The maximum absolute atomic E-state index is 14.1. The minimum Gasteiger partial charge on any atom is -0.479 e. The zero-order valence-corrected chi connectivity index (χ0v) is 11.7. The fraction of sp³-hybridized carbons (Fsp3) is 0.500. The zero-order chi connectivity index (χ0) is 15.0. The van der Waals surface area contributed by atoms with Crippen molar-refractivity contribution >= 4 is 11.9 Å². The van der Waals surface area contributed by atoms with Crippen molar-refractivity contribution in [3.8, 4) is 0 Å². The van der Waals surface area contributed by atoms with Gasteiger partial charge in [0.05, 0.1) is 12.5 Å². The van der Waals surface area contributed by atoms with Gasteiger partial charge in [-0.1, -0.05) is 24.3 Å². The number of aryl methyl sites for hydroxylation is 1. The minimum absolute atomic E-state index is 0.123. The van der Waals surface area contributed by atoms with Crippen LogP contribution in [-0.2, 0) is 16.0 Å². The van der Waals surface area contributed by atoms with Crippen LogP contribution in [0.5, 0.6) is 0 Å². The summed E-state index contributed by atoms with van der Waals surface area (Å²) in [5.41, 5.74) is -0.101. The Bertz CT molecular complexity index is 589. The van der Waals surface area contributed by atoms with Gasteiger partial charge in [-0.25, -0.2) is 9.18 Å². The van der Waals surface area contributed by atoms with Gasteiger partial charge in [-0.15, -0.1) is 0 Å². The molecule has 1 aromatic rings. The number of carbonyl (C=O) groups is 2. The maximum Gasteiger partial charge on any atom is 0.343 e. The summed E-state index contributed by atoms with van der Waals surface area (Å²) in [5.74, 6) is -1.86. The van der Waals surface area contributed by atoms with Gasteiger partial charge in [0.2, 0.25) is 11.6 Å². The summed E-state index contributed by atoms with van der Waals surface area (Å²) in [6.45, 7) is -0.153. The monoisotopic (exact) mass is 291 g/mol. The van der Waals surface area contributed by atoms with Crippen LogP contribution in [0.4, 0.5) is 4.39 Å². The predicted molar refractivity (Wildman–Crippen MR) is 74.8 cm³/mol. The van der Waals surface area contributed by atoms with Gasteiger partial charge in [0, 0.05) is 13.0 Å². The first-order valence-corrected chi connectivity index (χ1v) is 7.30. The van der Waals surface area contributed by atoms with E-state index >= 15 is 0 Å². The molecule has 3 rings (SSSR count). The average molecular weight is 291 g/mol. The molecule has 4 nitrogen and oxygen atoms in total. The Hall–Kier alpha value is -1.91. The van der Waals surface area contributed by atoms with Crippen molar-refractivity contribution in [2.24, 2.45) is 0 Å². The molecule has 2 atom stereocenters. The Kier molecular flexibility index (Phi) is 3.43. The summed E-state index contributed by atoms with van der Waals surface area (Å²) >= 11 is 0. The standard InChI is InChI=1S/C16H18FNO3/c17-16(15(20)21)8-9-18(10-16)14(19)13-7-3-5-11-4-1-2-6-12(11)13/h1-2,4,6,13H,3,5,7-10H2,(H,20,21). The number of carbonyl (C=O) groups excluding carboxylic acids is 1. The van der Waals surface area contributed by atoms with Crippen LogP contribution in [0.25, 0.3) is 0 Å². The van der Waals surface area contributed by atoms with Crippen LogP contribution >= 0.6 is 0 Å². The molecule has 21 heavy (non-hydrogen) atoms. The molecule has 112 valence electrons. The molecule has 0 bridgehead atoms. The molecule has 0 spiro atoms. The lowest BCUT2D eigenvalue weighted by Crippen LogP contribution is -2.40. The van der Waals surface area contributed by atoms with Gasteiger partial charge in [0.25, 0.3) is 0 Å². The van der Waals surface area contributed by atoms with Crippen LogP contribution < -0.4 is 0 Å². The highest BCUT2D eigenvalue weighted by Crippen LogP contribution is 2.35. The van der Waals surface area contributed by atoms with Gasteiger partial charge < -0.3 is 10.0 Å². The van der Waals surface area contributed by atoms with E-state index in [1.807, 2.05) is 24.3 Å². The number of likely N-dealkylation sites (tertiary alicyclic amines) is 1. The van der Waals surface area contributed by atoms with Gasteiger partial charge >= 0.3 is 5.97 Å². The quantitative estimate of drug-likeness (QED) is 0.908. The van der Waals surface area contributed by atoms with E-state index in [1.54, 1.807) is 0 Å². The number of nitrogens with zero attached hydrogens (tertiary/aromatic N) is 1. The number of hydrogen-bond acceptors (Lipinski definition) is 2. The molecule has 1 fully saturated rings. The van der Waals surface area contributed by atoms with E-state index in [-0.39, 0.29) is 31.3 Å². The van der Waals surface area contributed by atoms with Crippen molar-refractivity contribution in [2.45, 2.75) is 37.3 Å². The lowest BCUT2D eigenvalue weighted by Gasteiger charge is -2.28. The highest BCUT2D eigenvalue weighted by Gasteiger charge is 2.48. The van der Waals surface area contributed by atoms with Crippen molar-refractivity contribution in [1.29, 1.82) is 0 Å². The van der Waals surface area contributed by atoms with Crippen molar-refractivity contribution in [2.75, 3.05) is 13.1 Å². The Morgan fingerprint density at radius 1 is 1.33 bits per heavy atom. The second-order valence-corrected chi connectivity index (χ2v) is 5.92. The molecule has 0 radical (unpaired) electrons. The summed E-state index contributed by atoms with van der Waals surface area (Å²) in [6.07, 6.45) is 2.52. The van der Waals surface area contributed by atoms with E-state index in [9.17, 15) is 14.0 Å². The van der Waals surface area contributed by atoms with Crippen LogP contribution in [0.2, 0.25) is 0 Å². The molecule has 1 aromatic carbocycles. The van der Waals surface area contributed by atoms with E-state index in [4.69, 9.17) is 5.11 Å². The number of hydrogen-bond donors (Lipinski definition) is 1. The third kappa shape index (κ3) is 2.41. The summed E-state index contributed by atoms with van der Waals surface area (Å²) < 4.78 is 14.1. The number of fused-ring (bicyclic) bond motifs is 1. The van der Waals surface area contributed by atoms with E-state index in [2.05, 4.69) is 0 Å². The number of aliphatic carboxylic acids is 1. The Labute approximate surface area is 122 Å². The molecule has 1 aliphatic heterocycles. The number of carboxylic acid groups (broad SMARTS) is 1. The molecule has 1 heterocycles. The average Bonchev–Trinajstić information content (AvgIpc) is 2.90. The largest absolute Gasteiger partial charge is 0.479 e. The number of halogens is 1. The first kappa shape index (κ1) is 14.0. The van der Waals surface area contributed by atoms with E-state index in [1.165, 1.54) is 10.5 Å². The molecule has 2 unspecified atom stereocenters. The molecule has 1 aliphatic carbocycles. The zero-order valence-electron chi connectivity index (χ0n) is 11.7. The summed E-state index contributed by atoms with van der Waals surface area (Å²) in [6, 6.07) is 7.84. The summed E-state index contributed by atoms with van der Waals surface area (Å²) in [4.78, 5) is 25.0. The number of carboxylic acids is 1. The lowest BCUT2D eigenvalue weighted by atomic mass is 9.82. The second kappa shape index (κ2) is 5.13. The molecule has 1 amide bonds. The van der Waals surface area contributed by atoms with Crippen LogP contribution in [0.15, 0.2) is 24.3 Å². The normalized spacial score (nSPS) is 28.2. The SMILES string of the molecule is O=C(C1CCCc2ccccc21)N1CCC(F)(C(=O)O)C1. The first-order valence-electron chi connectivity index (χ1n) is 7.30. The third-order valence-corrected chi connectivity index (χ3v) is 4.58. The highest BCUT2D eigenvalue weighted by atomic mass is 19.1. The van der Waals surface area contributed by atoms with Gasteiger partial charge in [-0.05, 0) is 30.4 Å². The van der Waals surface area contributed by atoms with Crippen LogP contribution in [0.1, 0.15) is 36.3 Å². The van der Waals surface area contributed by atoms with Gasteiger partial charge in [0.15, 0.2) is 0 Å². The lowest BCUT2D eigenvalue weighted by molar-refractivity contribution is -0.150. The smallest absolute Gasteiger partial charge is 0.343 e. The molecule has 1 saturated heterocycles. The number of rotatable bonds is 2. The van der Waals surface area contributed by atoms with Gasteiger partial charge in [0.1, 0.15) is 0 Å². The molecule has 0 aromatic heterocycles. The summed E-state index contributed by atoms with van der Waals surface area (Å²) in [5, 5.41) is 8.93. The Morgan fingerprint density at radius 2 is 2.10 bits per heavy atom. The molecule has 2 aliphatic rings.